The van der Waals surface area contributed by atoms with Crippen LogP contribution >= 0.6 is 0 Å². The Morgan fingerprint density at radius 1 is 1.42 bits per heavy atom. The number of allylic oxidation sites excluding steroid dienone is 4. The second-order valence-corrected chi connectivity index (χ2v) is 4.25. The van der Waals surface area contributed by atoms with E-state index in [1.807, 2.05) is 0 Å². The quantitative estimate of drug-likeness (QED) is 0.590. The predicted octanol–water partition coefficient (Wildman–Crippen LogP) is 3.95. The van der Waals surface area contributed by atoms with Crippen molar-refractivity contribution in [3.63, 3.8) is 0 Å². The van der Waals surface area contributed by atoms with Crippen molar-refractivity contribution in [3.05, 3.63) is 23.8 Å². The first kappa shape index (κ1) is 9.57. The van der Waals surface area contributed by atoms with Gasteiger partial charge in [0.25, 0.3) is 0 Å². The molecule has 0 N–H and O–H groups in total. The molecule has 0 saturated heterocycles. The van der Waals surface area contributed by atoms with Crippen LogP contribution < -0.4 is 0 Å². The van der Waals surface area contributed by atoms with Gasteiger partial charge in [-0.15, -0.1) is 0 Å². The molecule has 0 aromatic carbocycles. The highest BCUT2D eigenvalue weighted by atomic mass is 14.1. The van der Waals surface area contributed by atoms with Crippen molar-refractivity contribution < 1.29 is 0 Å². The number of hydrogen-bond acceptors (Lipinski definition) is 0. The molecule has 12 heavy (non-hydrogen) atoms. The lowest BCUT2D eigenvalue weighted by Gasteiger charge is -2.03. The van der Waals surface area contributed by atoms with Crippen molar-refractivity contribution in [3.8, 4) is 0 Å². The third-order valence-electron chi connectivity index (χ3n) is 2.34. The van der Waals surface area contributed by atoms with Gasteiger partial charge in [0.15, 0.2) is 0 Å². The minimum Gasteiger partial charge on any atom is -0.0776 e. The SMILES string of the molecule is CC1C=CC(CCCC(C)C)=C1. The molecule has 0 aromatic heterocycles. The Labute approximate surface area is 76.4 Å². The smallest absolute Gasteiger partial charge is 0.00728 e. The van der Waals surface area contributed by atoms with Crippen LogP contribution in [0.2, 0.25) is 0 Å². The minimum absolute atomic E-state index is 0.680. The summed E-state index contributed by atoms with van der Waals surface area (Å²) in [6.07, 6.45) is 10.9. The molecule has 0 aliphatic heterocycles. The molecule has 0 amide bonds. The molecule has 1 rings (SSSR count). The van der Waals surface area contributed by atoms with Crippen molar-refractivity contribution in [1.29, 1.82) is 0 Å². The fraction of sp³-hybridized carbons (Fsp3) is 0.667. The van der Waals surface area contributed by atoms with E-state index in [1.54, 1.807) is 5.57 Å². The number of hydrogen-bond donors (Lipinski definition) is 0. The molecular weight excluding hydrogens is 144 g/mol. The van der Waals surface area contributed by atoms with Gasteiger partial charge in [0.1, 0.15) is 0 Å². The summed E-state index contributed by atoms with van der Waals surface area (Å²) in [5.74, 6) is 1.53. The first-order valence-electron chi connectivity index (χ1n) is 5.07. The summed E-state index contributed by atoms with van der Waals surface area (Å²) in [5, 5.41) is 0. The molecular formula is C12H20. The highest BCUT2D eigenvalue weighted by molar-refractivity contribution is 5.28. The summed E-state index contributed by atoms with van der Waals surface area (Å²) in [4.78, 5) is 0. The van der Waals surface area contributed by atoms with Gasteiger partial charge in [-0.25, -0.2) is 0 Å². The van der Waals surface area contributed by atoms with Gasteiger partial charge < -0.3 is 0 Å². The van der Waals surface area contributed by atoms with Crippen LogP contribution in [0.3, 0.4) is 0 Å². The molecule has 68 valence electrons. The zero-order chi connectivity index (χ0) is 8.97. The monoisotopic (exact) mass is 164 g/mol. The van der Waals surface area contributed by atoms with Gasteiger partial charge in [-0.05, 0) is 24.7 Å². The summed E-state index contributed by atoms with van der Waals surface area (Å²) in [6.45, 7) is 6.83. The van der Waals surface area contributed by atoms with Gasteiger partial charge >= 0.3 is 0 Å². The number of rotatable bonds is 4. The molecule has 0 saturated carbocycles. The van der Waals surface area contributed by atoms with Crippen molar-refractivity contribution in [1.82, 2.24) is 0 Å². The fourth-order valence-electron chi connectivity index (χ4n) is 1.61. The van der Waals surface area contributed by atoms with Crippen LogP contribution in [0.5, 0.6) is 0 Å². The van der Waals surface area contributed by atoms with Gasteiger partial charge in [-0.3, -0.25) is 0 Å². The Hall–Kier alpha value is -0.520. The summed E-state index contributed by atoms with van der Waals surface area (Å²) in [5.41, 5.74) is 1.54. The Balaban J connectivity index is 2.16. The van der Waals surface area contributed by atoms with E-state index in [9.17, 15) is 0 Å². The molecule has 0 heteroatoms. The van der Waals surface area contributed by atoms with Crippen LogP contribution in [-0.2, 0) is 0 Å². The zero-order valence-corrected chi connectivity index (χ0v) is 8.51. The van der Waals surface area contributed by atoms with Crippen LogP contribution in [0.1, 0.15) is 40.0 Å². The molecule has 0 nitrogen and oxygen atoms in total. The van der Waals surface area contributed by atoms with E-state index in [2.05, 4.69) is 39.0 Å². The standard InChI is InChI=1S/C12H20/c1-10(2)5-4-6-12-8-7-11(3)9-12/h7-11H,4-6H2,1-3H3. The maximum Gasteiger partial charge on any atom is -0.00728 e. The van der Waals surface area contributed by atoms with Crippen molar-refractivity contribution in [2.24, 2.45) is 11.8 Å². The normalized spacial score (nSPS) is 22.0. The topological polar surface area (TPSA) is 0 Å². The Kier molecular flexibility index (Phi) is 3.58. The molecule has 1 aliphatic rings. The van der Waals surface area contributed by atoms with Crippen molar-refractivity contribution in [2.45, 2.75) is 40.0 Å². The van der Waals surface area contributed by atoms with E-state index < -0.39 is 0 Å². The van der Waals surface area contributed by atoms with Gasteiger partial charge in [0, 0.05) is 0 Å². The minimum atomic E-state index is 0.680. The van der Waals surface area contributed by atoms with Gasteiger partial charge in [-0.1, -0.05) is 51.0 Å². The summed E-state index contributed by atoms with van der Waals surface area (Å²) < 4.78 is 0. The first-order chi connectivity index (χ1) is 5.68. The van der Waals surface area contributed by atoms with Crippen molar-refractivity contribution in [2.75, 3.05) is 0 Å². The molecule has 1 atom stereocenters. The second-order valence-electron chi connectivity index (χ2n) is 4.25. The molecule has 0 bridgehead atoms. The van der Waals surface area contributed by atoms with E-state index in [1.165, 1.54) is 19.3 Å². The van der Waals surface area contributed by atoms with Crippen LogP contribution in [0.4, 0.5) is 0 Å². The molecule has 1 aliphatic carbocycles. The van der Waals surface area contributed by atoms with E-state index in [-0.39, 0.29) is 0 Å². The maximum absolute atomic E-state index is 2.38. The Morgan fingerprint density at radius 2 is 2.17 bits per heavy atom. The average molecular weight is 164 g/mol. The van der Waals surface area contributed by atoms with Crippen LogP contribution in [0.25, 0.3) is 0 Å². The predicted molar refractivity (Wildman–Crippen MR) is 55.1 cm³/mol. The average Bonchev–Trinajstić information content (AvgIpc) is 2.35. The lowest BCUT2D eigenvalue weighted by Crippen LogP contribution is -1.87. The van der Waals surface area contributed by atoms with Crippen LogP contribution in [0, 0.1) is 11.8 Å². The highest BCUT2D eigenvalue weighted by Gasteiger charge is 2.03. The molecule has 0 radical (unpaired) electrons. The zero-order valence-electron chi connectivity index (χ0n) is 8.51. The molecule has 0 fully saturated rings. The molecule has 0 aromatic rings. The largest absolute Gasteiger partial charge is 0.0776 e. The molecule has 0 heterocycles. The van der Waals surface area contributed by atoms with E-state index in [0.717, 1.165) is 5.92 Å². The Morgan fingerprint density at radius 3 is 2.67 bits per heavy atom. The molecule has 0 spiro atoms. The van der Waals surface area contributed by atoms with Crippen LogP contribution in [-0.4, -0.2) is 0 Å². The summed E-state index contributed by atoms with van der Waals surface area (Å²) in [7, 11) is 0. The fourth-order valence-corrected chi connectivity index (χ4v) is 1.61. The summed E-state index contributed by atoms with van der Waals surface area (Å²) in [6, 6.07) is 0. The maximum atomic E-state index is 2.38. The van der Waals surface area contributed by atoms with Gasteiger partial charge in [0.05, 0.1) is 0 Å². The van der Waals surface area contributed by atoms with E-state index >= 15 is 0 Å². The Bertz CT molecular complexity index is 184. The molecule has 1 unspecified atom stereocenters. The first-order valence-corrected chi connectivity index (χ1v) is 5.07. The van der Waals surface area contributed by atoms with Gasteiger partial charge in [0.2, 0.25) is 0 Å². The highest BCUT2D eigenvalue weighted by Crippen LogP contribution is 2.20. The van der Waals surface area contributed by atoms with Crippen LogP contribution in [0.15, 0.2) is 23.8 Å². The third kappa shape index (κ3) is 3.25. The summed E-state index contributed by atoms with van der Waals surface area (Å²) >= 11 is 0. The van der Waals surface area contributed by atoms with E-state index in [4.69, 9.17) is 0 Å². The third-order valence-corrected chi connectivity index (χ3v) is 2.34. The lowest BCUT2D eigenvalue weighted by atomic mass is 10.0. The second kappa shape index (κ2) is 4.49. The van der Waals surface area contributed by atoms with E-state index in [0.29, 0.717) is 5.92 Å². The van der Waals surface area contributed by atoms with Crippen molar-refractivity contribution >= 4 is 0 Å². The van der Waals surface area contributed by atoms with Gasteiger partial charge in [-0.2, -0.15) is 0 Å². The lowest BCUT2D eigenvalue weighted by molar-refractivity contribution is 0.556.